The van der Waals surface area contributed by atoms with Crippen LogP contribution in [-0.4, -0.2) is 34.8 Å². The first-order valence-corrected chi connectivity index (χ1v) is 11.4. The van der Waals surface area contributed by atoms with Gasteiger partial charge in [-0.2, -0.15) is 0 Å². The molecule has 0 radical (unpaired) electrons. The number of benzene rings is 2. The van der Waals surface area contributed by atoms with Gasteiger partial charge in [-0.3, -0.25) is 9.59 Å². The summed E-state index contributed by atoms with van der Waals surface area (Å²) < 4.78 is 12.4. The predicted octanol–water partition coefficient (Wildman–Crippen LogP) is 5.97. The van der Waals surface area contributed by atoms with E-state index in [4.69, 9.17) is 9.15 Å². The molecular formula is C25H24BrNO5. The molecule has 32 heavy (non-hydrogen) atoms. The standard InChI is InChI=1S/C25H24BrNO5/c1-3-10-27-22(15-6-5-7-18(13-15)31-11-4-2)21(24(29)25(27)30)23(28)20-14-16-12-17(26)8-9-19(16)32-20/h5-9,12-14,22,29H,3-4,10-11H2,1-2H3. The molecule has 1 atom stereocenters. The number of hydrogen-bond acceptors (Lipinski definition) is 5. The fourth-order valence-electron chi connectivity index (χ4n) is 3.96. The Hall–Kier alpha value is -3.06. The molecule has 4 rings (SSSR count). The summed E-state index contributed by atoms with van der Waals surface area (Å²) in [5.74, 6) is -0.866. The van der Waals surface area contributed by atoms with Gasteiger partial charge in [-0.25, -0.2) is 0 Å². The second-order valence-corrected chi connectivity index (χ2v) is 8.62. The van der Waals surface area contributed by atoms with Gasteiger partial charge in [0.2, 0.25) is 5.78 Å². The third kappa shape index (κ3) is 4.05. The van der Waals surface area contributed by atoms with Gasteiger partial charge in [0.05, 0.1) is 18.2 Å². The molecule has 1 amide bonds. The monoisotopic (exact) mass is 497 g/mol. The number of fused-ring (bicyclic) bond motifs is 1. The highest BCUT2D eigenvalue weighted by Gasteiger charge is 2.44. The molecule has 1 aliphatic rings. The van der Waals surface area contributed by atoms with Gasteiger partial charge in [-0.05, 0) is 54.8 Å². The molecule has 0 fully saturated rings. The van der Waals surface area contributed by atoms with Crippen LogP contribution in [0.3, 0.4) is 0 Å². The maximum atomic E-state index is 13.5. The number of aliphatic hydroxyl groups excluding tert-OH is 1. The number of Topliss-reactive ketones (excluding diaryl/α,β-unsaturated/α-hetero) is 1. The number of aliphatic hydroxyl groups is 1. The quantitative estimate of drug-likeness (QED) is 0.387. The first-order valence-electron chi connectivity index (χ1n) is 10.6. The highest BCUT2D eigenvalue weighted by molar-refractivity contribution is 9.10. The maximum absolute atomic E-state index is 13.5. The molecule has 2 heterocycles. The molecule has 2 aromatic carbocycles. The Kier molecular flexibility index (Phi) is 6.37. The Labute approximate surface area is 194 Å². The van der Waals surface area contributed by atoms with E-state index in [1.165, 1.54) is 4.90 Å². The van der Waals surface area contributed by atoms with Gasteiger partial charge in [0.15, 0.2) is 11.5 Å². The number of furan rings is 1. The first kappa shape index (κ1) is 22.1. The fraction of sp³-hybridized carbons (Fsp3) is 0.280. The summed E-state index contributed by atoms with van der Waals surface area (Å²) in [4.78, 5) is 27.9. The Morgan fingerprint density at radius 3 is 2.72 bits per heavy atom. The molecule has 1 aliphatic heterocycles. The molecule has 0 saturated heterocycles. The Bertz CT molecular complexity index is 1210. The van der Waals surface area contributed by atoms with Crippen LogP contribution in [0.4, 0.5) is 0 Å². The Morgan fingerprint density at radius 2 is 1.97 bits per heavy atom. The van der Waals surface area contributed by atoms with Gasteiger partial charge in [-0.1, -0.05) is 41.9 Å². The number of carbonyl (C=O) groups excluding carboxylic acids is 2. The van der Waals surface area contributed by atoms with Crippen molar-refractivity contribution in [3.05, 3.63) is 75.7 Å². The molecule has 1 unspecified atom stereocenters. The van der Waals surface area contributed by atoms with Gasteiger partial charge < -0.3 is 19.2 Å². The van der Waals surface area contributed by atoms with Gasteiger partial charge >= 0.3 is 0 Å². The van der Waals surface area contributed by atoms with E-state index >= 15 is 0 Å². The highest BCUT2D eigenvalue weighted by atomic mass is 79.9. The number of halogens is 1. The third-order valence-corrected chi connectivity index (χ3v) is 5.85. The van der Waals surface area contributed by atoms with Crippen LogP contribution in [-0.2, 0) is 4.79 Å². The molecule has 6 nitrogen and oxygen atoms in total. The number of carbonyl (C=O) groups is 2. The van der Waals surface area contributed by atoms with Crippen molar-refractivity contribution in [1.82, 2.24) is 4.90 Å². The van der Waals surface area contributed by atoms with Crippen LogP contribution in [0.25, 0.3) is 11.0 Å². The van der Waals surface area contributed by atoms with Crippen molar-refractivity contribution in [2.24, 2.45) is 0 Å². The first-order chi connectivity index (χ1) is 15.4. The minimum Gasteiger partial charge on any atom is -0.503 e. The molecule has 166 valence electrons. The zero-order valence-electron chi connectivity index (χ0n) is 17.9. The third-order valence-electron chi connectivity index (χ3n) is 5.36. The van der Waals surface area contributed by atoms with Crippen molar-refractivity contribution in [3.63, 3.8) is 0 Å². The lowest BCUT2D eigenvalue weighted by Gasteiger charge is -2.26. The van der Waals surface area contributed by atoms with Gasteiger partial charge in [0.25, 0.3) is 5.91 Å². The Morgan fingerprint density at radius 1 is 1.16 bits per heavy atom. The fourth-order valence-corrected chi connectivity index (χ4v) is 4.34. The van der Waals surface area contributed by atoms with E-state index in [1.807, 2.05) is 50.2 Å². The summed E-state index contributed by atoms with van der Waals surface area (Å²) >= 11 is 3.41. The van der Waals surface area contributed by atoms with Crippen LogP contribution in [0, 0.1) is 0 Å². The summed E-state index contributed by atoms with van der Waals surface area (Å²) in [6, 6.07) is 13.7. The van der Waals surface area contributed by atoms with Gasteiger partial charge in [-0.15, -0.1) is 0 Å². The van der Waals surface area contributed by atoms with E-state index in [9.17, 15) is 14.7 Å². The lowest BCUT2D eigenvalue weighted by molar-refractivity contribution is -0.129. The number of ketones is 1. The topological polar surface area (TPSA) is 80.0 Å². The largest absolute Gasteiger partial charge is 0.503 e. The average Bonchev–Trinajstić information content (AvgIpc) is 3.32. The molecular weight excluding hydrogens is 474 g/mol. The van der Waals surface area contributed by atoms with Crippen LogP contribution in [0.15, 0.2) is 68.8 Å². The number of nitrogens with zero attached hydrogens (tertiary/aromatic N) is 1. The molecule has 0 aliphatic carbocycles. The van der Waals surface area contributed by atoms with E-state index in [0.717, 1.165) is 16.3 Å². The van der Waals surface area contributed by atoms with Crippen molar-refractivity contribution < 1.29 is 23.8 Å². The average molecular weight is 498 g/mol. The van der Waals surface area contributed by atoms with Crippen molar-refractivity contribution >= 4 is 38.6 Å². The van der Waals surface area contributed by atoms with Crippen LogP contribution in [0.1, 0.15) is 48.8 Å². The summed E-state index contributed by atoms with van der Waals surface area (Å²) in [7, 11) is 0. The molecule has 0 spiro atoms. The number of ether oxygens (including phenoxy) is 1. The molecule has 1 N–H and O–H groups in total. The lowest BCUT2D eigenvalue weighted by atomic mass is 9.94. The summed E-state index contributed by atoms with van der Waals surface area (Å²) in [5.41, 5.74) is 1.28. The molecule has 0 bridgehead atoms. The van der Waals surface area contributed by atoms with Crippen LogP contribution in [0.2, 0.25) is 0 Å². The van der Waals surface area contributed by atoms with E-state index < -0.39 is 23.5 Å². The number of amides is 1. The molecule has 0 saturated carbocycles. The molecule has 3 aromatic rings. The van der Waals surface area contributed by atoms with E-state index in [0.29, 0.717) is 36.5 Å². The van der Waals surface area contributed by atoms with E-state index in [-0.39, 0.29) is 11.3 Å². The summed E-state index contributed by atoms with van der Waals surface area (Å²) in [5, 5.41) is 11.5. The van der Waals surface area contributed by atoms with Crippen molar-refractivity contribution in [2.75, 3.05) is 13.2 Å². The second kappa shape index (κ2) is 9.20. The molecule has 7 heteroatoms. The normalized spacial score (nSPS) is 16.3. The minimum atomic E-state index is -0.722. The Balaban J connectivity index is 1.78. The van der Waals surface area contributed by atoms with Gasteiger partial charge in [0, 0.05) is 16.4 Å². The van der Waals surface area contributed by atoms with Crippen LogP contribution >= 0.6 is 15.9 Å². The van der Waals surface area contributed by atoms with E-state index in [2.05, 4.69) is 15.9 Å². The van der Waals surface area contributed by atoms with Crippen molar-refractivity contribution in [2.45, 2.75) is 32.7 Å². The zero-order valence-corrected chi connectivity index (χ0v) is 19.5. The van der Waals surface area contributed by atoms with Crippen molar-refractivity contribution in [1.29, 1.82) is 0 Å². The highest BCUT2D eigenvalue weighted by Crippen LogP contribution is 2.40. The maximum Gasteiger partial charge on any atom is 0.290 e. The SMILES string of the molecule is CCCOc1cccc(C2C(C(=O)c3cc4cc(Br)ccc4o3)=C(O)C(=O)N2CCC)c1. The van der Waals surface area contributed by atoms with E-state index in [1.54, 1.807) is 12.1 Å². The lowest BCUT2D eigenvalue weighted by Crippen LogP contribution is -2.31. The van der Waals surface area contributed by atoms with Gasteiger partial charge in [0.1, 0.15) is 11.3 Å². The zero-order chi connectivity index (χ0) is 22.8. The van der Waals surface area contributed by atoms with Crippen LogP contribution < -0.4 is 4.74 Å². The minimum absolute atomic E-state index is 0.0224. The summed E-state index contributed by atoms with van der Waals surface area (Å²) in [6.07, 6.45) is 1.54. The predicted molar refractivity (Wildman–Crippen MR) is 125 cm³/mol. The summed E-state index contributed by atoms with van der Waals surface area (Å²) in [6.45, 7) is 4.93. The number of rotatable bonds is 8. The second-order valence-electron chi connectivity index (χ2n) is 7.71. The van der Waals surface area contributed by atoms with Crippen LogP contribution in [0.5, 0.6) is 5.75 Å². The smallest absolute Gasteiger partial charge is 0.290 e. The van der Waals surface area contributed by atoms with Crippen molar-refractivity contribution in [3.8, 4) is 5.75 Å². The molecule has 1 aromatic heterocycles. The number of hydrogen-bond donors (Lipinski definition) is 1.